The molecular formula is C20H31F3N4O2S. The summed E-state index contributed by atoms with van der Waals surface area (Å²) in [5, 5.41) is 6.01. The largest absolute Gasteiger partial charge is 0.401 e. The number of likely N-dealkylation sites (tertiary alicyclic amines) is 1. The van der Waals surface area contributed by atoms with Crippen molar-refractivity contribution < 1.29 is 21.6 Å². The van der Waals surface area contributed by atoms with Gasteiger partial charge in [0.2, 0.25) is 0 Å². The van der Waals surface area contributed by atoms with E-state index in [1.165, 1.54) is 11.9 Å². The molecule has 0 saturated carbocycles. The number of hydrogen-bond acceptors (Lipinski definition) is 4. The van der Waals surface area contributed by atoms with Gasteiger partial charge in [0.25, 0.3) is 0 Å². The van der Waals surface area contributed by atoms with Gasteiger partial charge in [-0.2, -0.15) is 13.2 Å². The Bertz CT molecular complexity index is 831. The van der Waals surface area contributed by atoms with E-state index in [-0.39, 0.29) is 35.2 Å². The molecule has 2 N–H and O–H groups in total. The Labute approximate surface area is 176 Å². The van der Waals surface area contributed by atoms with Gasteiger partial charge in [-0.25, -0.2) is 8.42 Å². The third-order valence-corrected chi connectivity index (χ3v) is 6.71. The van der Waals surface area contributed by atoms with Gasteiger partial charge in [-0.1, -0.05) is 32.9 Å². The standard InChI is InChI=1S/C20H31F3N4O2S/c1-19(2,3)15-5-7-17(8-6-15)30(28,29)12-10-25-18(24-4)26-16-9-11-27(13-16)14-20(21,22)23/h5-8,16H,9-14H2,1-4H3,(H2,24,25,26). The lowest BCUT2D eigenvalue weighted by Gasteiger charge is -2.20. The molecular weight excluding hydrogens is 417 g/mol. The molecule has 1 aliphatic rings. The molecule has 6 nitrogen and oxygen atoms in total. The van der Waals surface area contributed by atoms with Crippen LogP contribution in [0.2, 0.25) is 0 Å². The van der Waals surface area contributed by atoms with Crippen LogP contribution in [-0.2, 0) is 15.3 Å². The number of nitrogens with zero attached hydrogens (tertiary/aromatic N) is 2. The first kappa shape index (κ1) is 24.5. The van der Waals surface area contributed by atoms with Crippen molar-refractivity contribution in [1.29, 1.82) is 0 Å². The molecule has 1 aromatic rings. The summed E-state index contributed by atoms with van der Waals surface area (Å²) in [5.41, 5.74) is 0.998. The van der Waals surface area contributed by atoms with Crippen LogP contribution in [0.1, 0.15) is 32.8 Å². The second kappa shape index (κ2) is 9.55. The quantitative estimate of drug-likeness (QED) is 0.517. The van der Waals surface area contributed by atoms with Crippen LogP contribution >= 0.6 is 0 Å². The number of halogens is 3. The zero-order chi connectivity index (χ0) is 22.6. The second-order valence-electron chi connectivity index (χ2n) is 8.57. The molecule has 1 atom stereocenters. The van der Waals surface area contributed by atoms with Crippen molar-refractivity contribution in [2.75, 3.05) is 39.0 Å². The molecule has 10 heteroatoms. The molecule has 30 heavy (non-hydrogen) atoms. The molecule has 0 spiro atoms. The summed E-state index contributed by atoms with van der Waals surface area (Å²) in [6.07, 6.45) is -3.65. The van der Waals surface area contributed by atoms with Crippen LogP contribution in [0.25, 0.3) is 0 Å². The highest BCUT2D eigenvalue weighted by Gasteiger charge is 2.34. The molecule has 0 aromatic heterocycles. The van der Waals surface area contributed by atoms with E-state index in [2.05, 4.69) is 36.4 Å². The maximum Gasteiger partial charge on any atom is 0.401 e. The minimum Gasteiger partial charge on any atom is -0.355 e. The van der Waals surface area contributed by atoms with E-state index in [1.54, 1.807) is 12.1 Å². The molecule has 0 amide bonds. The summed E-state index contributed by atoms with van der Waals surface area (Å²) < 4.78 is 62.7. The fourth-order valence-electron chi connectivity index (χ4n) is 3.32. The minimum atomic E-state index is -4.21. The number of sulfone groups is 1. The first-order chi connectivity index (χ1) is 13.8. The van der Waals surface area contributed by atoms with E-state index >= 15 is 0 Å². The molecule has 0 aliphatic carbocycles. The Balaban J connectivity index is 1.84. The van der Waals surface area contributed by atoms with E-state index in [4.69, 9.17) is 0 Å². The van der Waals surface area contributed by atoms with Crippen molar-refractivity contribution in [1.82, 2.24) is 15.5 Å². The monoisotopic (exact) mass is 448 g/mol. The highest BCUT2D eigenvalue weighted by atomic mass is 32.2. The molecule has 1 unspecified atom stereocenters. The van der Waals surface area contributed by atoms with Crippen LogP contribution in [0, 0.1) is 0 Å². The van der Waals surface area contributed by atoms with Crippen LogP contribution in [0.4, 0.5) is 13.2 Å². The molecule has 170 valence electrons. The van der Waals surface area contributed by atoms with Gasteiger partial charge in [0, 0.05) is 32.7 Å². The summed E-state index contributed by atoms with van der Waals surface area (Å²) >= 11 is 0. The lowest BCUT2D eigenvalue weighted by Crippen LogP contribution is -2.46. The van der Waals surface area contributed by atoms with Gasteiger partial charge in [-0.05, 0) is 29.5 Å². The summed E-state index contributed by atoms with van der Waals surface area (Å²) in [6.45, 7) is 6.01. The lowest BCUT2D eigenvalue weighted by molar-refractivity contribution is -0.143. The SMILES string of the molecule is CN=C(NCCS(=O)(=O)c1ccc(C(C)(C)C)cc1)NC1CCN(CC(F)(F)F)C1. The number of guanidine groups is 1. The van der Waals surface area contributed by atoms with Crippen LogP contribution in [0.15, 0.2) is 34.2 Å². The van der Waals surface area contributed by atoms with Gasteiger partial charge in [-0.3, -0.25) is 9.89 Å². The Hall–Kier alpha value is -1.81. The van der Waals surface area contributed by atoms with Crippen molar-refractivity contribution in [2.24, 2.45) is 4.99 Å². The molecule has 1 aliphatic heterocycles. The maximum atomic E-state index is 12.6. The maximum absolute atomic E-state index is 12.6. The van der Waals surface area contributed by atoms with Crippen LogP contribution in [0.5, 0.6) is 0 Å². The number of nitrogens with one attached hydrogen (secondary N) is 2. The Morgan fingerprint density at radius 2 is 1.83 bits per heavy atom. The van der Waals surface area contributed by atoms with Crippen molar-refractivity contribution in [2.45, 2.75) is 49.7 Å². The van der Waals surface area contributed by atoms with E-state index in [0.29, 0.717) is 18.9 Å². The molecule has 1 heterocycles. The average Bonchev–Trinajstić information content (AvgIpc) is 3.05. The molecule has 1 aromatic carbocycles. The zero-order valence-electron chi connectivity index (χ0n) is 17.9. The van der Waals surface area contributed by atoms with Gasteiger partial charge < -0.3 is 10.6 Å². The topological polar surface area (TPSA) is 73.8 Å². The fraction of sp³-hybridized carbons (Fsp3) is 0.650. The second-order valence-corrected chi connectivity index (χ2v) is 10.7. The van der Waals surface area contributed by atoms with Crippen LogP contribution < -0.4 is 10.6 Å². The van der Waals surface area contributed by atoms with Crippen molar-refractivity contribution in [3.8, 4) is 0 Å². The van der Waals surface area contributed by atoms with E-state index < -0.39 is 22.6 Å². The number of hydrogen-bond donors (Lipinski definition) is 2. The normalized spacial score (nSPS) is 19.2. The summed E-state index contributed by atoms with van der Waals surface area (Å²) in [7, 11) is -1.92. The highest BCUT2D eigenvalue weighted by Crippen LogP contribution is 2.24. The van der Waals surface area contributed by atoms with E-state index in [1.807, 2.05) is 12.1 Å². The van der Waals surface area contributed by atoms with Crippen molar-refractivity contribution in [3.05, 3.63) is 29.8 Å². The molecule has 0 radical (unpaired) electrons. The van der Waals surface area contributed by atoms with E-state index in [0.717, 1.165) is 5.56 Å². The number of rotatable bonds is 6. The van der Waals surface area contributed by atoms with Gasteiger partial charge in [0.1, 0.15) is 0 Å². The van der Waals surface area contributed by atoms with E-state index in [9.17, 15) is 21.6 Å². The van der Waals surface area contributed by atoms with Crippen LogP contribution in [-0.4, -0.2) is 70.5 Å². The number of benzene rings is 1. The smallest absolute Gasteiger partial charge is 0.355 e. The number of alkyl halides is 3. The van der Waals surface area contributed by atoms with Crippen molar-refractivity contribution in [3.63, 3.8) is 0 Å². The Morgan fingerprint density at radius 1 is 1.20 bits per heavy atom. The Kier molecular flexibility index (Phi) is 7.79. The first-order valence-corrected chi connectivity index (χ1v) is 11.5. The predicted octanol–water partition coefficient (Wildman–Crippen LogP) is 2.56. The molecule has 1 saturated heterocycles. The molecule has 0 bridgehead atoms. The van der Waals surface area contributed by atoms with Crippen molar-refractivity contribution >= 4 is 15.8 Å². The van der Waals surface area contributed by atoms with Crippen LogP contribution in [0.3, 0.4) is 0 Å². The highest BCUT2D eigenvalue weighted by molar-refractivity contribution is 7.91. The Morgan fingerprint density at radius 3 is 2.37 bits per heavy atom. The third-order valence-electron chi connectivity index (χ3n) is 4.98. The summed E-state index contributed by atoms with van der Waals surface area (Å²) in [6, 6.07) is 6.73. The minimum absolute atomic E-state index is 0.0576. The van der Waals surface area contributed by atoms with Gasteiger partial charge in [0.15, 0.2) is 15.8 Å². The fourth-order valence-corrected chi connectivity index (χ4v) is 4.48. The predicted molar refractivity (Wildman–Crippen MR) is 113 cm³/mol. The lowest BCUT2D eigenvalue weighted by atomic mass is 9.87. The van der Waals surface area contributed by atoms with Gasteiger partial charge >= 0.3 is 6.18 Å². The first-order valence-electron chi connectivity index (χ1n) is 9.90. The van der Waals surface area contributed by atoms with Gasteiger partial charge in [-0.15, -0.1) is 0 Å². The summed E-state index contributed by atoms with van der Waals surface area (Å²) in [5.74, 6) is 0.264. The number of aliphatic imine (C=N–C) groups is 1. The average molecular weight is 449 g/mol. The van der Waals surface area contributed by atoms with Gasteiger partial charge in [0.05, 0.1) is 17.2 Å². The molecule has 1 fully saturated rings. The molecule has 2 rings (SSSR count). The third kappa shape index (κ3) is 7.46. The summed E-state index contributed by atoms with van der Waals surface area (Å²) in [4.78, 5) is 5.65. The zero-order valence-corrected chi connectivity index (χ0v) is 18.7.